The number of benzene rings is 1. The van der Waals surface area contributed by atoms with Crippen molar-refractivity contribution in [2.45, 2.75) is 45.4 Å². The zero-order chi connectivity index (χ0) is 16.4. The van der Waals surface area contributed by atoms with Crippen LogP contribution in [0.25, 0.3) is 0 Å². The van der Waals surface area contributed by atoms with Gasteiger partial charge in [-0.05, 0) is 18.6 Å². The van der Waals surface area contributed by atoms with Crippen molar-refractivity contribution >= 4 is 5.97 Å². The normalized spacial score (nSPS) is 10.3. The van der Waals surface area contributed by atoms with E-state index < -0.39 is 5.97 Å². The molecule has 22 heavy (non-hydrogen) atoms. The number of carboxylic acids is 1. The minimum Gasteiger partial charge on any atom is -0.493 e. The van der Waals surface area contributed by atoms with E-state index >= 15 is 0 Å². The van der Waals surface area contributed by atoms with Crippen molar-refractivity contribution in [1.82, 2.24) is 0 Å². The van der Waals surface area contributed by atoms with Gasteiger partial charge < -0.3 is 19.3 Å². The van der Waals surface area contributed by atoms with Gasteiger partial charge in [0.05, 0.1) is 26.4 Å². The SMILES string of the molecule is CCCCCCCCOc1c(OC)cc(C(=O)O)cc1OC. The molecule has 124 valence electrons. The summed E-state index contributed by atoms with van der Waals surface area (Å²) in [5.74, 6) is 0.188. The molecule has 5 nitrogen and oxygen atoms in total. The molecule has 0 aliphatic carbocycles. The van der Waals surface area contributed by atoms with E-state index in [2.05, 4.69) is 6.92 Å². The van der Waals surface area contributed by atoms with Gasteiger partial charge in [-0.15, -0.1) is 0 Å². The largest absolute Gasteiger partial charge is 0.493 e. The lowest BCUT2D eigenvalue weighted by atomic mass is 10.1. The lowest BCUT2D eigenvalue weighted by Gasteiger charge is -2.15. The standard InChI is InChI=1S/C17H26O5/c1-4-5-6-7-8-9-10-22-16-14(20-2)11-13(17(18)19)12-15(16)21-3/h11-12H,4-10H2,1-3H3,(H,18,19). The summed E-state index contributed by atoms with van der Waals surface area (Å²) in [5, 5.41) is 9.08. The molecule has 0 aliphatic heterocycles. The second-order valence-corrected chi connectivity index (χ2v) is 5.13. The van der Waals surface area contributed by atoms with E-state index in [1.165, 1.54) is 52.0 Å². The minimum absolute atomic E-state index is 0.112. The van der Waals surface area contributed by atoms with Gasteiger partial charge in [-0.25, -0.2) is 4.79 Å². The number of hydrogen-bond acceptors (Lipinski definition) is 4. The van der Waals surface area contributed by atoms with Crippen LogP contribution >= 0.6 is 0 Å². The first-order valence-electron chi connectivity index (χ1n) is 7.76. The summed E-state index contributed by atoms with van der Waals surface area (Å²) in [7, 11) is 2.97. The van der Waals surface area contributed by atoms with E-state index in [9.17, 15) is 4.79 Å². The van der Waals surface area contributed by atoms with E-state index in [0.717, 1.165) is 12.8 Å². The van der Waals surface area contributed by atoms with Gasteiger partial charge in [0.2, 0.25) is 5.75 Å². The molecule has 0 aromatic heterocycles. The van der Waals surface area contributed by atoms with E-state index in [1.54, 1.807) is 0 Å². The fourth-order valence-electron chi connectivity index (χ4n) is 2.20. The highest BCUT2D eigenvalue weighted by molar-refractivity contribution is 5.89. The summed E-state index contributed by atoms with van der Waals surface area (Å²) in [6.07, 6.45) is 7.06. The van der Waals surface area contributed by atoms with Crippen LogP contribution in [-0.4, -0.2) is 31.9 Å². The van der Waals surface area contributed by atoms with Crippen LogP contribution in [0.5, 0.6) is 17.2 Å². The van der Waals surface area contributed by atoms with E-state index in [1.807, 2.05) is 0 Å². The van der Waals surface area contributed by atoms with Gasteiger partial charge in [0.1, 0.15) is 0 Å². The van der Waals surface area contributed by atoms with Crippen LogP contribution in [0, 0.1) is 0 Å². The Morgan fingerprint density at radius 3 is 2.05 bits per heavy atom. The van der Waals surface area contributed by atoms with Gasteiger partial charge in [-0.1, -0.05) is 39.0 Å². The number of ether oxygens (including phenoxy) is 3. The Morgan fingerprint density at radius 1 is 1.00 bits per heavy atom. The molecule has 0 fully saturated rings. The summed E-state index contributed by atoms with van der Waals surface area (Å²) in [5.41, 5.74) is 0.112. The molecule has 1 aromatic carbocycles. The van der Waals surface area contributed by atoms with Crippen molar-refractivity contribution in [3.63, 3.8) is 0 Å². The third-order valence-corrected chi connectivity index (χ3v) is 3.45. The third-order valence-electron chi connectivity index (χ3n) is 3.45. The monoisotopic (exact) mass is 310 g/mol. The number of carboxylic acid groups (broad SMARTS) is 1. The van der Waals surface area contributed by atoms with Crippen molar-refractivity contribution in [2.24, 2.45) is 0 Å². The molecule has 0 aliphatic rings. The average molecular weight is 310 g/mol. The molecular formula is C17H26O5. The van der Waals surface area contributed by atoms with E-state index in [0.29, 0.717) is 23.9 Å². The fourth-order valence-corrected chi connectivity index (χ4v) is 2.20. The van der Waals surface area contributed by atoms with Crippen molar-refractivity contribution in [3.8, 4) is 17.2 Å². The lowest BCUT2D eigenvalue weighted by molar-refractivity contribution is 0.0696. The Kier molecular flexibility index (Phi) is 8.18. The third kappa shape index (κ3) is 5.47. The summed E-state index contributed by atoms with van der Waals surface area (Å²) in [6, 6.07) is 2.89. The molecule has 0 bridgehead atoms. The van der Waals surface area contributed by atoms with Crippen LogP contribution in [0.15, 0.2) is 12.1 Å². The number of hydrogen-bond donors (Lipinski definition) is 1. The lowest BCUT2D eigenvalue weighted by Crippen LogP contribution is -2.04. The Morgan fingerprint density at radius 2 is 1.55 bits per heavy atom. The van der Waals surface area contributed by atoms with Crippen LogP contribution in [0.4, 0.5) is 0 Å². The van der Waals surface area contributed by atoms with Gasteiger partial charge in [0.25, 0.3) is 0 Å². The number of aromatic carboxylic acids is 1. The molecule has 1 aromatic rings. The number of unbranched alkanes of at least 4 members (excludes halogenated alkanes) is 5. The predicted molar refractivity (Wildman–Crippen MR) is 85.4 cm³/mol. The Labute approximate surface area is 132 Å². The van der Waals surface area contributed by atoms with E-state index in [4.69, 9.17) is 19.3 Å². The van der Waals surface area contributed by atoms with Crippen LogP contribution in [-0.2, 0) is 0 Å². The van der Waals surface area contributed by atoms with Gasteiger partial charge in [-0.3, -0.25) is 0 Å². The molecule has 5 heteroatoms. The minimum atomic E-state index is -1.03. The van der Waals surface area contributed by atoms with E-state index in [-0.39, 0.29) is 5.56 Å². The molecule has 1 rings (SSSR count). The number of carbonyl (C=O) groups is 1. The highest BCUT2D eigenvalue weighted by atomic mass is 16.5. The van der Waals surface area contributed by atoms with Gasteiger partial charge >= 0.3 is 5.97 Å². The van der Waals surface area contributed by atoms with Gasteiger partial charge in [0.15, 0.2) is 11.5 Å². The summed E-state index contributed by atoms with van der Waals surface area (Å²) >= 11 is 0. The topological polar surface area (TPSA) is 65.0 Å². The first-order chi connectivity index (χ1) is 10.6. The molecule has 0 radical (unpaired) electrons. The zero-order valence-electron chi connectivity index (χ0n) is 13.7. The highest BCUT2D eigenvalue weighted by Gasteiger charge is 2.17. The predicted octanol–water partition coefficient (Wildman–Crippen LogP) is 4.14. The maximum Gasteiger partial charge on any atom is 0.335 e. The highest BCUT2D eigenvalue weighted by Crippen LogP contribution is 2.38. The summed E-state index contributed by atoms with van der Waals surface area (Å²) in [4.78, 5) is 11.1. The van der Waals surface area contributed by atoms with Crippen LogP contribution in [0.2, 0.25) is 0 Å². The van der Waals surface area contributed by atoms with Crippen LogP contribution in [0.3, 0.4) is 0 Å². The second kappa shape index (κ2) is 9.92. The Balaban J connectivity index is 2.63. The first kappa shape index (κ1) is 18.1. The van der Waals surface area contributed by atoms with Crippen LogP contribution < -0.4 is 14.2 Å². The van der Waals surface area contributed by atoms with Crippen molar-refractivity contribution in [2.75, 3.05) is 20.8 Å². The number of rotatable bonds is 11. The molecule has 0 amide bonds. The molecule has 0 atom stereocenters. The van der Waals surface area contributed by atoms with Crippen molar-refractivity contribution in [3.05, 3.63) is 17.7 Å². The maximum absolute atomic E-state index is 11.1. The van der Waals surface area contributed by atoms with Crippen LogP contribution in [0.1, 0.15) is 55.8 Å². The maximum atomic E-state index is 11.1. The molecule has 0 unspecified atom stereocenters. The van der Waals surface area contributed by atoms with Crippen molar-refractivity contribution in [1.29, 1.82) is 0 Å². The smallest absolute Gasteiger partial charge is 0.335 e. The fraction of sp³-hybridized carbons (Fsp3) is 0.588. The average Bonchev–Trinajstić information content (AvgIpc) is 2.53. The van der Waals surface area contributed by atoms with Crippen molar-refractivity contribution < 1.29 is 24.1 Å². The quantitative estimate of drug-likeness (QED) is 0.622. The van der Waals surface area contributed by atoms with Gasteiger partial charge in [-0.2, -0.15) is 0 Å². The molecule has 0 heterocycles. The first-order valence-corrected chi connectivity index (χ1v) is 7.76. The number of methoxy groups -OCH3 is 2. The Hall–Kier alpha value is -1.91. The van der Waals surface area contributed by atoms with Gasteiger partial charge in [0, 0.05) is 0 Å². The molecule has 0 spiro atoms. The summed E-state index contributed by atoms with van der Waals surface area (Å²) in [6.45, 7) is 2.76. The zero-order valence-corrected chi connectivity index (χ0v) is 13.7. The summed E-state index contributed by atoms with van der Waals surface area (Å²) < 4.78 is 16.2. The molecule has 1 N–H and O–H groups in total. The Bertz CT molecular complexity index is 445. The second-order valence-electron chi connectivity index (χ2n) is 5.13. The molecule has 0 saturated heterocycles. The molecular weight excluding hydrogens is 284 g/mol. The molecule has 0 saturated carbocycles.